The summed E-state index contributed by atoms with van der Waals surface area (Å²) in [5.41, 5.74) is 0.429. The van der Waals surface area contributed by atoms with Gasteiger partial charge in [-0.3, -0.25) is 4.79 Å². The molecule has 0 radical (unpaired) electrons. The number of carbonyl (C=O) groups is 1. The molecule has 3 heteroatoms. The van der Waals surface area contributed by atoms with Gasteiger partial charge in [0.15, 0.2) is 5.78 Å². The molecule has 0 aliphatic heterocycles. The standard InChI is InChI=1S/C13H18O3/c1-9(2)8-11(14)13(16)12(15)10-6-4-3-5-7-10/h3-7,9,11,13-14,16H,8H2,1-2H3/t11-,13+/m1/s1. The van der Waals surface area contributed by atoms with Gasteiger partial charge in [0.25, 0.3) is 0 Å². The first kappa shape index (κ1) is 12.9. The van der Waals surface area contributed by atoms with Gasteiger partial charge in [-0.25, -0.2) is 0 Å². The smallest absolute Gasteiger partial charge is 0.193 e. The second-order valence-corrected chi connectivity index (χ2v) is 4.37. The fourth-order valence-electron chi connectivity index (χ4n) is 1.56. The fourth-order valence-corrected chi connectivity index (χ4v) is 1.56. The molecule has 16 heavy (non-hydrogen) atoms. The van der Waals surface area contributed by atoms with E-state index in [1.54, 1.807) is 30.3 Å². The van der Waals surface area contributed by atoms with Crippen molar-refractivity contribution in [2.45, 2.75) is 32.5 Å². The summed E-state index contributed by atoms with van der Waals surface area (Å²) in [6.45, 7) is 3.87. The van der Waals surface area contributed by atoms with Crippen molar-refractivity contribution < 1.29 is 15.0 Å². The second-order valence-electron chi connectivity index (χ2n) is 4.37. The summed E-state index contributed by atoms with van der Waals surface area (Å²) in [7, 11) is 0. The van der Waals surface area contributed by atoms with E-state index in [-0.39, 0.29) is 5.92 Å². The van der Waals surface area contributed by atoms with Crippen molar-refractivity contribution in [3.63, 3.8) is 0 Å². The Kier molecular flexibility index (Phi) is 4.65. The summed E-state index contributed by atoms with van der Waals surface area (Å²) in [6, 6.07) is 8.53. The normalized spacial score (nSPS) is 14.8. The molecule has 0 unspecified atom stereocenters. The summed E-state index contributed by atoms with van der Waals surface area (Å²) in [5.74, 6) is -0.179. The van der Waals surface area contributed by atoms with Crippen LogP contribution in [0.2, 0.25) is 0 Å². The van der Waals surface area contributed by atoms with E-state index in [0.717, 1.165) is 0 Å². The monoisotopic (exact) mass is 222 g/mol. The Labute approximate surface area is 95.7 Å². The highest BCUT2D eigenvalue weighted by atomic mass is 16.3. The molecule has 1 aromatic carbocycles. The van der Waals surface area contributed by atoms with E-state index < -0.39 is 18.0 Å². The van der Waals surface area contributed by atoms with Gasteiger partial charge in [-0.05, 0) is 12.3 Å². The highest BCUT2D eigenvalue weighted by Crippen LogP contribution is 2.12. The van der Waals surface area contributed by atoms with Gasteiger partial charge in [0.1, 0.15) is 6.10 Å². The van der Waals surface area contributed by atoms with Crippen molar-refractivity contribution in [1.29, 1.82) is 0 Å². The first-order valence-electron chi connectivity index (χ1n) is 5.47. The van der Waals surface area contributed by atoms with Crippen LogP contribution >= 0.6 is 0 Å². The predicted octanol–water partition coefficient (Wildman–Crippen LogP) is 1.64. The number of hydrogen-bond acceptors (Lipinski definition) is 3. The summed E-state index contributed by atoms with van der Waals surface area (Å²) in [4.78, 5) is 11.8. The number of carbonyl (C=O) groups excluding carboxylic acids is 1. The molecule has 2 atom stereocenters. The Bertz CT molecular complexity index is 332. The van der Waals surface area contributed by atoms with Crippen molar-refractivity contribution in [2.24, 2.45) is 5.92 Å². The molecular formula is C13H18O3. The summed E-state index contributed by atoms with van der Waals surface area (Å²) >= 11 is 0. The van der Waals surface area contributed by atoms with Crippen LogP contribution in [0.5, 0.6) is 0 Å². The van der Waals surface area contributed by atoms with E-state index in [1.807, 2.05) is 13.8 Å². The van der Waals surface area contributed by atoms with E-state index >= 15 is 0 Å². The molecule has 1 rings (SSSR count). The predicted molar refractivity (Wildman–Crippen MR) is 62.2 cm³/mol. The number of rotatable bonds is 5. The summed E-state index contributed by atoms with van der Waals surface area (Å²) in [6.07, 6.45) is -1.91. The van der Waals surface area contributed by atoms with Crippen LogP contribution in [0.15, 0.2) is 30.3 Å². The van der Waals surface area contributed by atoms with Gasteiger partial charge >= 0.3 is 0 Å². The van der Waals surface area contributed by atoms with E-state index in [2.05, 4.69) is 0 Å². The van der Waals surface area contributed by atoms with Crippen LogP contribution in [0.4, 0.5) is 0 Å². The Hall–Kier alpha value is -1.19. The van der Waals surface area contributed by atoms with Gasteiger partial charge < -0.3 is 10.2 Å². The Morgan fingerprint density at radius 2 is 1.75 bits per heavy atom. The molecule has 0 amide bonds. The first-order valence-corrected chi connectivity index (χ1v) is 5.47. The number of hydrogen-bond donors (Lipinski definition) is 2. The average Bonchev–Trinajstić information content (AvgIpc) is 2.27. The van der Waals surface area contributed by atoms with Crippen molar-refractivity contribution in [3.8, 4) is 0 Å². The number of benzene rings is 1. The van der Waals surface area contributed by atoms with Crippen molar-refractivity contribution in [2.75, 3.05) is 0 Å². The molecule has 0 aliphatic carbocycles. The Morgan fingerprint density at radius 1 is 1.19 bits per heavy atom. The maximum absolute atomic E-state index is 11.8. The zero-order valence-corrected chi connectivity index (χ0v) is 9.63. The third-order valence-electron chi connectivity index (χ3n) is 2.40. The minimum Gasteiger partial charge on any atom is -0.390 e. The number of aliphatic hydroxyl groups is 2. The van der Waals surface area contributed by atoms with Crippen LogP contribution < -0.4 is 0 Å². The maximum Gasteiger partial charge on any atom is 0.193 e. The highest BCUT2D eigenvalue weighted by molar-refractivity contribution is 5.99. The van der Waals surface area contributed by atoms with Gasteiger partial charge in [-0.15, -0.1) is 0 Å². The lowest BCUT2D eigenvalue weighted by molar-refractivity contribution is 0.0127. The van der Waals surface area contributed by atoms with Gasteiger partial charge in [0.2, 0.25) is 0 Å². The molecule has 0 saturated heterocycles. The van der Waals surface area contributed by atoms with Crippen LogP contribution in [0.3, 0.4) is 0 Å². The van der Waals surface area contributed by atoms with Crippen LogP contribution in [0.1, 0.15) is 30.6 Å². The van der Waals surface area contributed by atoms with Gasteiger partial charge in [-0.2, -0.15) is 0 Å². The fraction of sp³-hybridized carbons (Fsp3) is 0.462. The minimum atomic E-state index is -1.33. The summed E-state index contributed by atoms with van der Waals surface area (Å²) in [5, 5.41) is 19.3. The third-order valence-corrected chi connectivity index (χ3v) is 2.40. The Morgan fingerprint density at radius 3 is 2.25 bits per heavy atom. The van der Waals surface area contributed by atoms with E-state index in [0.29, 0.717) is 12.0 Å². The molecule has 2 N–H and O–H groups in total. The quantitative estimate of drug-likeness (QED) is 0.744. The third kappa shape index (κ3) is 3.43. The molecule has 0 saturated carbocycles. The molecule has 0 aromatic heterocycles. The molecule has 1 aromatic rings. The van der Waals surface area contributed by atoms with E-state index in [1.165, 1.54) is 0 Å². The molecular weight excluding hydrogens is 204 g/mol. The Balaban J connectivity index is 2.67. The minimum absolute atomic E-state index is 0.244. The largest absolute Gasteiger partial charge is 0.390 e. The topological polar surface area (TPSA) is 57.5 Å². The first-order chi connectivity index (χ1) is 7.52. The van der Waals surface area contributed by atoms with Crippen LogP contribution in [-0.2, 0) is 0 Å². The number of Topliss-reactive ketones (excluding diaryl/α,β-unsaturated/α-hetero) is 1. The maximum atomic E-state index is 11.8. The van der Waals surface area contributed by atoms with E-state index in [4.69, 9.17) is 0 Å². The zero-order valence-electron chi connectivity index (χ0n) is 9.63. The number of aliphatic hydroxyl groups excluding tert-OH is 2. The van der Waals surface area contributed by atoms with Crippen LogP contribution in [0.25, 0.3) is 0 Å². The molecule has 3 nitrogen and oxygen atoms in total. The molecule has 0 spiro atoms. The lowest BCUT2D eigenvalue weighted by Gasteiger charge is -2.18. The lowest BCUT2D eigenvalue weighted by atomic mass is 9.96. The molecule has 0 aliphatic rings. The second kappa shape index (κ2) is 5.77. The molecule has 0 fully saturated rings. The van der Waals surface area contributed by atoms with Gasteiger partial charge in [0.05, 0.1) is 6.10 Å². The van der Waals surface area contributed by atoms with Crippen LogP contribution in [-0.4, -0.2) is 28.2 Å². The lowest BCUT2D eigenvalue weighted by Crippen LogP contribution is -2.34. The number of ketones is 1. The molecule has 0 heterocycles. The van der Waals surface area contributed by atoms with Crippen molar-refractivity contribution >= 4 is 5.78 Å². The van der Waals surface area contributed by atoms with Crippen molar-refractivity contribution in [1.82, 2.24) is 0 Å². The highest BCUT2D eigenvalue weighted by Gasteiger charge is 2.25. The molecule has 88 valence electrons. The van der Waals surface area contributed by atoms with Crippen LogP contribution in [0, 0.1) is 5.92 Å². The average molecular weight is 222 g/mol. The SMILES string of the molecule is CC(C)C[C@@H](O)[C@H](O)C(=O)c1ccccc1. The molecule has 0 bridgehead atoms. The van der Waals surface area contributed by atoms with Gasteiger partial charge in [0, 0.05) is 5.56 Å². The van der Waals surface area contributed by atoms with Gasteiger partial charge in [-0.1, -0.05) is 44.2 Å². The summed E-state index contributed by atoms with van der Waals surface area (Å²) < 4.78 is 0. The van der Waals surface area contributed by atoms with Crippen molar-refractivity contribution in [3.05, 3.63) is 35.9 Å². The zero-order chi connectivity index (χ0) is 12.1. The van der Waals surface area contributed by atoms with E-state index in [9.17, 15) is 15.0 Å².